The number of carbonyl (C=O) groups excluding carboxylic acids is 1. The number of thiophene rings is 1. The van der Waals surface area contributed by atoms with E-state index in [0.29, 0.717) is 26.3 Å². The van der Waals surface area contributed by atoms with Crippen molar-refractivity contribution in [3.8, 4) is 10.4 Å². The van der Waals surface area contributed by atoms with Crippen LogP contribution in [0.3, 0.4) is 0 Å². The quantitative estimate of drug-likeness (QED) is 0.814. The maximum absolute atomic E-state index is 12.0. The largest absolute Gasteiger partial charge is 0.378 e. The first kappa shape index (κ1) is 14.0. The Bertz CT molecular complexity index is 627. The summed E-state index contributed by atoms with van der Waals surface area (Å²) >= 11 is 1.69. The standard InChI is InChI=1S/C17H17NO2S/c19-17(18-10-12-20-13-11-18)9-7-15-6-8-16(21-15)14-4-2-1-3-5-14/h1-9H,10-13H2. The predicted molar refractivity (Wildman–Crippen MR) is 86.2 cm³/mol. The van der Waals surface area contributed by atoms with Crippen molar-refractivity contribution in [2.75, 3.05) is 26.3 Å². The van der Waals surface area contributed by atoms with Crippen LogP contribution in [0.25, 0.3) is 16.5 Å². The van der Waals surface area contributed by atoms with Gasteiger partial charge in [-0.2, -0.15) is 0 Å². The van der Waals surface area contributed by atoms with E-state index in [-0.39, 0.29) is 5.91 Å². The molecule has 1 aromatic carbocycles. The molecule has 0 spiro atoms. The van der Waals surface area contributed by atoms with Crippen LogP contribution in [0.4, 0.5) is 0 Å². The Morgan fingerprint density at radius 3 is 2.62 bits per heavy atom. The fourth-order valence-corrected chi connectivity index (χ4v) is 3.16. The third-order valence-electron chi connectivity index (χ3n) is 3.40. The van der Waals surface area contributed by atoms with E-state index < -0.39 is 0 Å². The summed E-state index contributed by atoms with van der Waals surface area (Å²) in [6.45, 7) is 2.64. The normalized spacial score (nSPS) is 15.5. The molecular formula is C17H17NO2S. The Kier molecular flexibility index (Phi) is 4.48. The van der Waals surface area contributed by atoms with Crippen molar-refractivity contribution in [3.05, 3.63) is 53.4 Å². The Morgan fingerprint density at radius 2 is 1.86 bits per heavy atom. The molecule has 0 saturated carbocycles. The lowest BCUT2D eigenvalue weighted by Gasteiger charge is -2.25. The molecule has 3 nitrogen and oxygen atoms in total. The number of benzene rings is 1. The summed E-state index contributed by atoms with van der Waals surface area (Å²) in [6.07, 6.45) is 3.56. The molecule has 1 aromatic heterocycles. The van der Waals surface area contributed by atoms with Crippen molar-refractivity contribution in [2.45, 2.75) is 0 Å². The Morgan fingerprint density at radius 1 is 1.10 bits per heavy atom. The zero-order chi connectivity index (χ0) is 14.5. The van der Waals surface area contributed by atoms with Crippen LogP contribution in [0.5, 0.6) is 0 Å². The molecule has 0 N–H and O–H groups in total. The van der Waals surface area contributed by atoms with Gasteiger partial charge in [0.05, 0.1) is 13.2 Å². The maximum atomic E-state index is 12.0. The fraction of sp³-hybridized carbons (Fsp3) is 0.235. The second-order valence-corrected chi connectivity index (χ2v) is 5.95. The highest BCUT2D eigenvalue weighted by Gasteiger charge is 2.14. The third-order valence-corrected chi connectivity index (χ3v) is 4.50. The minimum absolute atomic E-state index is 0.0629. The molecule has 2 heterocycles. The minimum atomic E-state index is 0.0629. The zero-order valence-electron chi connectivity index (χ0n) is 11.7. The number of amides is 1. The molecule has 1 aliphatic rings. The maximum Gasteiger partial charge on any atom is 0.246 e. The number of hydrogen-bond acceptors (Lipinski definition) is 3. The topological polar surface area (TPSA) is 29.5 Å². The summed E-state index contributed by atoms with van der Waals surface area (Å²) in [4.78, 5) is 16.2. The molecule has 0 radical (unpaired) electrons. The minimum Gasteiger partial charge on any atom is -0.378 e. The molecule has 108 valence electrons. The number of ether oxygens (including phenoxy) is 1. The lowest BCUT2D eigenvalue weighted by Crippen LogP contribution is -2.39. The van der Waals surface area contributed by atoms with Crippen molar-refractivity contribution in [1.29, 1.82) is 0 Å². The molecule has 2 aromatic rings. The van der Waals surface area contributed by atoms with Gasteiger partial charge in [0.25, 0.3) is 0 Å². The van der Waals surface area contributed by atoms with Crippen LogP contribution in [-0.2, 0) is 9.53 Å². The summed E-state index contributed by atoms with van der Waals surface area (Å²) in [5.41, 5.74) is 1.21. The first-order valence-electron chi connectivity index (χ1n) is 7.03. The molecule has 1 fully saturated rings. The lowest BCUT2D eigenvalue weighted by molar-refractivity contribution is -0.129. The molecule has 0 aliphatic carbocycles. The van der Waals surface area contributed by atoms with Crippen molar-refractivity contribution < 1.29 is 9.53 Å². The third kappa shape index (κ3) is 3.60. The second-order valence-electron chi connectivity index (χ2n) is 4.84. The van der Waals surface area contributed by atoms with Crippen molar-refractivity contribution in [1.82, 2.24) is 4.90 Å². The number of nitrogens with zero attached hydrogens (tertiary/aromatic N) is 1. The van der Waals surface area contributed by atoms with Gasteiger partial charge in [0, 0.05) is 28.9 Å². The summed E-state index contributed by atoms with van der Waals surface area (Å²) < 4.78 is 5.25. The predicted octanol–water partition coefficient (Wildman–Crippen LogP) is 3.29. The van der Waals surface area contributed by atoms with E-state index in [2.05, 4.69) is 24.3 Å². The number of carbonyl (C=O) groups is 1. The highest BCUT2D eigenvalue weighted by Crippen LogP contribution is 2.28. The molecular weight excluding hydrogens is 282 g/mol. The molecule has 1 aliphatic heterocycles. The Balaban J connectivity index is 1.66. The van der Waals surface area contributed by atoms with E-state index in [9.17, 15) is 4.79 Å². The summed E-state index contributed by atoms with van der Waals surface area (Å²) in [7, 11) is 0. The van der Waals surface area contributed by atoms with Crippen LogP contribution in [-0.4, -0.2) is 37.1 Å². The van der Waals surface area contributed by atoms with Gasteiger partial charge in [-0.05, 0) is 23.8 Å². The molecule has 4 heteroatoms. The Labute approximate surface area is 128 Å². The van der Waals surface area contributed by atoms with Gasteiger partial charge in [-0.3, -0.25) is 4.79 Å². The van der Waals surface area contributed by atoms with E-state index in [0.717, 1.165) is 4.88 Å². The molecule has 1 saturated heterocycles. The highest BCUT2D eigenvalue weighted by molar-refractivity contribution is 7.16. The number of rotatable bonds is 3. The molecule has 0 bridgehead atoms. The highest BCUT2D eigenvalue weighted by atomic mass is 32.1. The second kappa shape index (κ2) is 6.70. The van der Waals surface area contributed by atoms with E-state index in [1.165, 1.54) is 10.4 Å². The smallest absolute Gasteiger partial charge is 0.246 e. The van der Waals surface area contributed by atoms with Crippen molar-refractivity contribution in [2.24, 2.45) is 0 Å². The van der Waals surface area contributed by atoms with E-state index in [1.54, 1.807) is 17.4 Å². The first-order chi connectivity index (χ1) is 10.3. The Hall–Kier alpha value is -1.91. The average molecular weight is 299 g/mol. The van der Waals surface area contributed by atoms with Gasteiger partial charge in [-0.15, -0.1) is 11.3 Å². The van der Waals surface area contributed by atoms with E-state index in [4.69, 9.17) is 4.74 Å². The monoisotopic (exact) mass is 299 g/mol. The van der Waals surface area contributed by atoms with Crippen LogP contribution in [0.1, 0.15) is 4.88 Å². The molecule has 21 heavy (non-hydrogen) atoms. The SMILES string of the molecule is O=C(C=Cc1ccc(-c2ccccc2)s1)N1CCOCC1. The average Bonchev–Trinajstić information content (AvgIpc) is 3.03. The van der Waals surface area contributed by atoms with Gasteiger partial charge in [0.2, 0.25) is 5.91 Å². The lowest BCUT2D eigenvalue weighted by atomic mass is 10.2. The molecule has 0 unspecified atom stereocenters. The molecule has 1 amide bonds. The van der Waals surface area contributed by atoms with Gasteiger partial charge >= 0.3 is 0 Å². The van der Waals surface area contributed by atoms with E-state index in [1.807, 2.05) is 29.2 Å². The number of hydrogen-bond donors (Lipinski definition) is 0. The first-order valence-corrected chi connectivity index (χ1v) is 7.84. The molecule has 0 atom stereocenters. The van der Waals surface area contributed by atoms with Gasteiger partial charge in [-0.25, -0.2) is 0 Å². The van der Waals surface area contributed by atoms with Crippen LogP contribution < -0.4 is 0 Å². The van der Waals surface area contributed by atoms with E-state index >= 15 is 0 Å². The van der Waals surface area contributed by atoms with Crippen LogP contribution in [0.15, 0.2) is 48.5 Å². The van der Waals surface area contributed by atoms with Crippen molar-refractivity contribution in [3.63, 3.8) is 0 Å². The zero-order valence-corrected chi connectivity index (χ0v) is 12.5. The van der Waals surface area contributed by atoms with Crippen LogP contribution >= 0.6 is 11.3 Å². The summed E-state index contributed by atoms with van der Waals surface area (Å²) in [5.74, 6) is 0.0629. The van der Waals surface area contributed by atoms with Gasteiger partial charge in [0.1, 0.15) is 0 Å². The summed E-state index contributed by atoms with van der Waals surface area (Å²) in [6, 6.07) is 14.4. The van der Waals surface area contributed by atoms with Gasteiger partial charge < -0.3 is 9.64 Å². The van der Waals surface area contributed by atoms with Crippen LogP contribution in [0, 0.1) is 0 Å². The fourth-order valence-electron chi connectivity index (χ4n) is 2.24. The van der Waals surface area contributed by atoms with Gasteiger partial charge in [-0.1, -0.05) is 30.3 Å². The van der Waals surface area contributed by atoms with Crippen molar-refractivity contribution >= 4 is 23.3 Å². The van der Waals surface area contributed by atoms with Gasteiger partial charge in [0.15, 0.2) is 0 Å². The molecule has 3 rings (SSSR count). The van der Waals surface area contributed by atoms with Crippen LogP contribution in [0.2, 0.25) is 0 Å². The summed E-state index contributed by atoms with van der Waals surface area (Å²) in [5, 5.41) is 0. The number of morpholine rings is 1.